The molecule has 0 atom stereocenters. The topological polar surface area (TPSA) is 46.5 Å². The number of hydrogen-bond acceptors (Lipinski definition) is 3. The largest absolute Gasteiger partial charge is 0.395 e. The van der Waals surface area contributed by atoms with E-state index in [1.807, 2.05) is 0 Å². The van der Waals surface area contributed by atoms with Gasteiger partial charge in [0.25, 0.3) is 0 Å². The number of ketones is 1. The highest BCUT2D eigenvalue weighted by molar-refractivity contribution is 5.88. The Labute approximate surface area is 78.1 Å². The first-order valence-corrected chi connectivity index (χ1v) is 5.01. The number of ether oxygens (including phenoxy) is 1. The second-order valence-electron chi connectivity index (χ2n) is 4.28. The van der Waals surface area contributed by atoms with Crippen molar-refractivity contribution in [2.24, 2.45) is 11.3 Å². The first-order chi connectivity index (χ1) is 6.28. The second-order valence-corrected chi connectivity index (χ2v) is 4.28. The molecule has 0 unspecified atom stereocenters. The molecule has 0 aromatic heterocycles. The zero-order valence-electron chi connectivity index (χ0n) is 7.79. The van der Waals surface area contributed by atoms with Crippen molar-refractivity contribution in [3.8, 4) is 0 Å². The maximum atomic E-state index is 11.9. The average molecular weight is 184 g/mol. The first-order valence-electron chi connectivity index (χ1n) is 5.01. The van der Waals surface area contributed by atoms with E-state index in [0.717, 1.165) is 12.8 Å². The van der Waals surface area contributed by atoms with Crippen LogP contribution < -0.4 is 0 Å². The molecule has 0 spiro atoms. The Morgan fingerprint density at radius 1 is 1.38 bits per heavy atom. The summed E-state index contributed by atoms with van der Waals surface area (Å²) in [6.45, 7) is 0.819. The van der Waals surface area contributed by atoms with E-state index < -0.39 is 5.41 Å². The van der Waals surface area contributed by atoms with Crippen LogP contribution in [-0.4, -0.2) is 30.7 Å². The zero-order valence-corrected chi connectivity index (χ0v) is 7.79. The van der Waals surface area contributed by atoms with E-state index in [4.69, 9.17) is 9.84 Å². The molecular weight excluding hydrogens is 168 g/mol. The van der Waals surface area contributed by atoms with E-state index in [1.54, 1.807) is 0 Å². The summed E-state index contributed by atoms with van der Waals surface area (Å²) < 4.78 is 5.03. The summed E-state index contributed by atoms with van der Waals surface area (Å²) in [5.74, 6) is 0.454. The van der Waals surface area contributed by atoms with E-state index in [0.29, 0.717) is 13.2 Å². The Balaban J connectivity index is 2.01. The lowest BCUT2D eigenvalue weighted by molar-refractivity contribution is -0.171. The van der Waals surface area contributed by atoms with Gasteiger partial charge in [0.15, 0.2) is 0 Å². The van der Waals surface area contributed by atoms with Crippen molar-refractivity contribution in [2.45, 2.75) is 25.7 Å². The SMILES string of the molecule is O=C(C1CCCC1)C1(CO)COC1. The van der Waals surface area contributed by atoms with Crippen LogP contribution in [-0.2, 0) is 9.53 Å². The fourth-order valence-corrected chi connectivity index (χ4v) is 2.28. The van der Waals surface area contributed by atoms with Gasteiger partial charge in [-0.25, -0.2) is 0 Å². The van der Waals surface area contributed by atoms with Gasteiger partial charge in [-0.3, -0.25) is 4.79 Å². The molecule has 1 saturated heterocycles. The highest BCUT2D eigenvalue weighted by Crippen LogP contribution is 2.36. The first kappa shape index (κ1) is 9.16. The summed E-state index contributed by atoms with van der Waals surface area (Å²) in [6.07, 6.45) is 4.36. The molecular formula is C10H16O3. The van der Waals surface area contributed by atoms with Crippen LogP contribution in [0.25, 0.3) is 0 Å². The van der Waals surface area contributed by atoms with E-state index >= 15 is 0 Å². The van der Waals surface area contributed by atoms with Crippen molar-refractivity contribution in [1.82, 2.24) is 0 Å². The predicted octanol–water partition coefficient (Wildman–Crippen LogP) is 0.755. The van der Waals surface area contributed by atoms with Crippen LogP contribution >= 0.6 is 0 Å². The number of hydrogen-bond donors (Lipinski definition) is 1. The monoisotopic (exact) mass is 184 g/mol. The molecule has 0 amide bonds. The third-order valence-corrected chi connectivity index (χ3v) is 3.31. The molecule has 2 aliphatic rings. The molecule has 2 fully saturated rings. The fourth-order valence-electron chi connectivity index (χ4n) is 2.28. The van der Waals surface area contributed by atoms with Crippen LogP contribution in [0, 0.1) is 11.3 Å². The van der Waals surface area contributed by atoms with Gasteiger partial charge in [-0.1, -0.05) is 12.8 Å². The molecule has 3 nitrogen and oxygen atoms in total. The van der Waals surface area contributed by atoms with Gasteiger partial charge in [0.1, 0.15) is 5.78 Å². The van der Waals surface area contributed by atoms with Crippen LogP contribution in [0.4, 0.5) is 0 Å². The minimum absolute atomic E-state index is 0.0394. The Morgan fingerprint density at radius 3 is 2.38 bits per heavy atom. The molecule has 0 aromatic carbocycles. The van der Waals surface area contributed by atoms with E-state index in [2.05, 4.69) is 0 Å². The van der Waals surface area contributed by atoms with Crippen LogP contribution in [0.5, 0.6) is 0 Å². The molecule has 2 rings (SSSR count). The maximum Gasteiger partial charge on any atom is 0.149 e. The van der Waals surface area contributed by atoms with Crippen molar-refractivity contribution in [3.63, 3.8) is 0 Å². The summed E-state index contributed by atoms with van der Waals surface area (Å²) in [7, 11) is 0. The zero-order chi connectivity index (χ0) is 9.31. The number of aliphatic hydroxyl groups excluding tert-OH is 1. The van der Waals surface area contributed by atoms with Crippen molar-refractivity contribution in [1.29, 1.82) is 0 Å². The molecule has 0 radical (unpaired) electrons. The quantitative estimate of drug-likeness (QED) is 0.704. The average Bonchev–Trinajstić information content (AvgIpc) is 2.54. The molecule has 74 valence electrons. The number of Topliss-reactive ketones (excluding diaryl/α,β-unsaturated/α-hetero) is 1. The summed E-state index contributed by atoms with van der Waals surface area (Å²) in [6, 6.07) is 0. The van der Waals surface area contributed by atoms with Gasteiger partial charge in [0.2, 0.25) is 0 Å². The van der Waals surface area contributed by atoms with Gasteiger partial charge < -0.3 is 9.84 Å². The maximum absolute atomic E-state index is 11.9. The Morgan fingerprint density at radius 2 is 2.00 bits per heavy atom. The summed E-state index contributed by atoms with van der Waals surface area (Å²) in [5, 5.41) is 9.17. The van der Waals surface area contributed by atoms with Gasteiger partial charge in [0.05, 0.1) is 25.2 Å². The van der Waals surface area contributed by atoms with Crippen LogP contribution in [0.3, 0.4) is 0 Å². The number of aliphatic hydroxyl groups is 1. The van der Waals surface area contributed by atoms with Crippen LogP contribution in [0.1, 0.15) is 25.7 Å². The molecule has 3 heteroatoms. The van der Waals surface area contributed by atoms with Gasteiger partial charge in [-0.2, -0.15) is 0 Å². The number of carbonyl (C=O) groups is 1. The normalized spacial score (nSPS) is 27.2. The molecule has 0 aromatic rings. The van der Waals surface area contributed by atoms with E-state index in [1.165, 1.54) is 12.8 Å². The second kappa shape index (κ2) is 3.39. The van der Waals surface area contributed by atoms with Crippen molar-refractivity contribution in [3.05, 3.63) is 0 Å². The molecule has 1 heterocycles. The summed E-state index contributed by atoms with van der Waals surface area (Å²) >= 11 is 0. The minimum Gasteiger partial charge on any atom is -0.395 e. The predicted molar refractivity (Wildman–Crippen MR) is 47.3 cm³/mol. The van der Waals surface area contributed by atoms with Crippen LogP contribution in [0.2, 0.25) is 0 Å². The van der Waals surface area contributed by atoms with Crippen molar-refractivity contribution < 1.29 is 14.6 Å². The molecule has 1 aliphatic carbocycles. The Bertz CT molecular complexity index is 197. The van der Waals surface area contributed by atoms with Gasteiger partial charge >= 0.3 is 0 Å². The molecule has 1 saturated carbocycles. The number of rotatable bonds is 3. The van der Waals surface area contributed by atoms with Crippen molar-refractivity contribution in [2.75, 3.05) is 19.8 Å². The molecule has 1 aliphatic heterocycles. The molecule has 1 N–H and O–H groups in total. The Kier molecular flexibility index (Phi) is 2.39. The third kappa shape index (κ3) is 1.40. The highest BCUT2D eigenvalue weighted by atomic mass is 16.5. The standard InChI is InChI=1S/C10H16O3/c11-5-10(6-13-7-10)9(12)8-3-1-2-4-8/h8,11H,1-7H2. The molecule has 13 heavy (non-hydrogen) atoms. The fraction of sp³-hybridized carbons (Fsp3) is 0.900. The van der Waals surface area contributed by atoms with Crippen molar-refractivity contribution >= 4 is 5.78 Å². The lowest BCUT2D eigenvalue weighted by Gasteiger charge is -2.39. The van der Waals surface area contributed by atoms with Gasteiger partial charge in [0, 0.05) is 5.92 Å². The van der Waals surface area contributed by atoms with E-state index in [-0.39, 0.29) is 18.3 Å². The van der Waals surface area contributed by atoms with Gasteiger partial charge in [-0.05, 0) is 12.8 Å². The Hall–Kier alpha value is -0.410. The third-order valence-electron chi connectivity index (χ3n) is 3.31. The number of carbonyl (C=O) groups excluding carboxylic acids is 1. The van der Waals surface area contributed by atoms with Crippen LogP contribution in [0.15, 0.2) is 0 Å². The smallest absolute Gasteiger partial charge is 0.149 e. The lowest BCUT2D eigenvalue weighted by atomic mass is 9.76. The summed E-state index contributed by atoms with van der Waals surface area (Å²) in [4.78, 5) is 11.9. The minimum atomic E-state index is -0.519. The summed E-state index contributed by atoms with van der Waals surface area (Å²) in [5.41, 5.74) is -0.519. The molecule has 0 bridgehead atoms. The lowest BCUT2D eigenvalue weighted by Crippen LogP contribution is -2.53. The highest BCUT2D eigenvalue weighted by Gasteiger charge is 2.47. The van der Waals surface area contributed by atoms with Gasteiger partial charge in [-0.15, -0.1) is 0 Å². The van der Waals surface area contributed by atoms with E-state index in [9.17, 15) is 4.79 Å².